The molecule has 0 atom stereocenters. The molecule has 270 valence electrons. The molecular formula is C40H57IN2O5S. The van der Waals surface area contributed by atoms with Crippen LogP contribution in [-0.4, -0.2) is 34.0 Å². The summed E-state index contributed by atoms with van der Waals surface area (Å²) in [4.78, 5) is 2.67. The number of ether oxygens (including phenoxy) is 3. The number of rotatable bonds is 26. The summed E-state index contributed by atoms with van der Waals surface area (Å²) in [6, 6.07) is 20.6. The zero-order valence-electron chi connectivity index (χ0n) is 29.9. The fourth-order valence-corrected chi connectivity index (χ4v) is 6.50. The molecule has 0 aromatic heterocycles. The first-order chi connectivity index (χ1) is 23.8. The molecule has 1 N–H and O–H groups in total. The van der Waals surface area contributed by atoms with E-state index in [2.05, 4.69) is 46.4 Å². The second-order valence-corrected chi connectivity index (χ2v) is 15.5. The number of nitrogens with zero attached hydrogens (tertiary/aromatic N) is 1. The van der Waals surface area contributed by atoms with E-state index in [1.807, 2.05) is 49.4 Å². The number of hydrazone groups is 1. The highest BCUT2D eigenvalue weighted by atomic mass is 127. The van der Waals surface area contributed by atoms with E-state index in [9.17, 15) is 8.42 Å². The van der Waals surface area contributed by atoms with Crippen molar-refractivity contribution in [3.05, 3.63) is 81.4 Å². The molecule has 7 nitrogen and oxygen atoms in total. The van der Waals surface area contributed by atoms with Gasteiger partial charge in [0.25, 0.3) is 10.0 Å². The van der Waals surface area contributed by atoms with Gasteiger partial charge in [-0.05, 0) is 116 Å². The van der Waals surface area contributed by atoms with Crippen LogP contribution < -0.4 is 19.0 Å². The van der Waals surface area contributed by atoms with Crippen molar-refractivity contribution < 1.29 is 22.6 Å². The molecule has 0 fully saturated rings. The van der Waals surface area contributed by atoms with Crippen molar-refractivity contribution >= 4 is 38.3 Å². The number of halogens is 1. The summed E-state index contributed by atoms with van der Waals surface area (Å²) in [5.41, 5.74) is 2.43. The Morgan fingerprint density at radius 2 is 1.20 bits per heavy atom. The summed E-state index contributed by atoms with van der Waals surface area (Å²) in [5, 5.41) is 4.49. The summed E-state index contributed by atoms with van der Waals surface area (Å²) in [7, 11) is -3.84. The number of unbranched alkanes of at least 4 members (excludes halogenated alkanes) is 11. The Morgan fingerprint density at radius 3 is 1.84 bits per heavy atom. The van der Waals surface area contributed by atoms with Crippen LogP contribution in [0.4, 0.5) is 0 Å². The average Bonchev–Trinajstić information content (AvgIpc) is 3.10. The molecule has 0 saturated carbocycles. The maximum Gasteiger partial charge on any atom is 0.276 e. The van der Waals surface area contributed by atoms with Crippen LogP contribution in [0.15, 0.2) is 76.7 Å². The maximum atomic E-state index is 13.2. The van der Waals surface area contributed by atoms with Crippen molar-refractivity contribution in [2.24, 2.45) is 5.10 Å². The van der Waals surface area contributed by atoms with Crippen molar-refractivity contribution in [1.82, 2.24) is 4.83 Å². The smallest absolute Gasteiger partial charge is 0.276 e. The third-order valence-corrected chi connectivity index (χ3v) is 10.3. The van der Waals surface area contributed by atoms with E-state index in [1.165, 1.54) is 51.4 Å². The van der Waals surface area contributed by atoms with Crippen LogP contribution >= 0.6 is 22.6 Å². The molecular weight excluding hydrogens is 747 g/mol. The molecule has 0 saturated heterocycles. The number of sulfonamides is 1. The van der Waals surface area contributed by atoms with E-state index >= 15 is 0 Å². The lowest BCUT2D eigenvalue weighted by molar-refractivity contribution is 0.258. The molecule has 0 radical (unpaired) electrons. The van der Waals surface area contributed by atoms with E-state index in [0.717, 1.165) is 59.0 Å². The zero-order chi connectivity index (χ0) is 35.2. The van der Waals surface area contributed by atoms with Crippen LogP contribution in [0.25, 0.3) is 0 Å². The predicted octanol–water partition coefficient (Wildman–Crippen LogP) is 11.0. The van der Waals surface area contributed by atoms with Crippen molar-refractivity contribution in [3.8, 4) is 17.2 Å². The number of benzene rings is 3. The Kier molecular flexibility index (Phi) is 19.6. The van der Waals surface area contributed by atoms with Gasteiger partial charge in [-0.15, -0.1) is 0 Å². The molecule has 0 aliphatic heterocycles. The highest BCUT2D eigenvalue weighted by molar-refractivity contribution is 14.1. The zero-order valence-corrected chi connectivity index (χ0v) is 32.8. The summed E-state index contributed by atoms with van der Waals surface area (Å²) in [6.45, 7) is 8.18. The Hall–Kier alpha value is -2.79. The average molecular weight is 805 g/mol. The highest BCUT2D eigenvalue weighted by Gasteiger charge is 2.16. The molecule has 0 unspecified atom stereocenters. The van der Waals surface area contributed by atoms with Crippen molar-refractivity contribution in [3.63, 3.8) is 0 Å². The molecule has 49 heavy (non-hydrogen) atoms. The molecule has 0 aliphatic rings. The Balaban J connectivity index is 1.75. The van der Waals surface area contributed by atoms with Crippen LogP contribution in [-0.2, 0) is 10.0 Å². The SMILES string of the molecule is CCCCCCCCOc1ccc(/C(CCCCOc2ccc(I)cc2)=N/NS(=O)(=O)c2ccc(C)cc2)cc1OCCCCCCCC. The molecule has 3 aromatic carbocycles. The van der Waals surface area contributed by atoms with Crippen molar-refractivity contribution in [2.45, 2.75) is 122 Å². The van der Waals surface area contributed by atoms with Crippen molar-refractivity contribution in [2.75, 3.05) is 19.8 Å². The summed E-state index contributed by atoms with van der Waals surface area (Å²) in [6.07, 6.45) is 16.3. The molecule has 0 heterocycles. The third-order valence-electron chi connectivity index (χ3n) is 8.31. The first-order valence-electron chi connectivity index (χ1n) is 18.3. The molecule has 0 bridgehead atoms. The molecule has 0 amide bonds. The van der Waals surface area contributed by atoms with E-state index in [0.29, 0.717) is 43.5 Å². The molecule has 0 aliphatic carbocycles. The lowest BCUT2D eigenvalue weighted by Gasteiger charge is -2.16. The van der Waals surface area contributed by atoms with Gasteiger partial charge >= 0.3 is 0 Å². The van der Waals surface area contributed by atoms with E-state index < -0.39 is 10.0 Å². The van der Waals surface area contributed by atoms with Crippen LogP contribution in [0.1, 0.15) is 121 Å². The fraction of sp³-hybridized carbons (Fsp3) is 0.525. The van der Waals surface area contributed by atoms with E-state index in [1.54, 1.807) is 24.3 Å². The number of hydrogen-bond acceptors (Lipinski definition) is 6. The third kappa shape index (κ3) is 16.2. The van der Waals surface area contributed by atoms with Crippen LogP contribution in [0, 0.1) is 10.5 Å². The van der Waals surface area contributed by atoms with Crippen molar-refractivity contribution in [1.29, 1.82) is 0 Å². The van der Waals surface area contributed by atoms with Gasteiger partial charge in [-0.2, -0.15) is 18.4 Å². The molecule has 0 spiro atoms. The van der Waals surface area contributed by atoms with Gasteiger partial charge in [0.05, 0.1) is 30.4 Å². The van der Waals surface area contributed by atoms with Gasteiger partial charge in [0, 0.05) is 9.13 Å². The maximum absolute atomic E-state index is 13.2. The van der Waals surface area contributed by atoms with Gasteiger partial charge in [0.2, 0.25) is 0 Å². The summed E-state index contributed by atoms with van der Waals surface area (Å²) >= 11 is 2.28. The first kappa shape index (κ1) is 40.6. The molecule has 3 rings (SSSR count). The second kappa shape index (κ2) is 23.6. The number of hydrogen-bond donors (Lipinski definition) is 1. The Labute approximate surface area is 309 Å². The van der Waals surface area contributed by atoms with Gasteiger partial charge in [0.1, 0.15) is 5.75 Å². The Bertz CT molecular complexity index is 1480. The largest absolute Gasteiger partial charge is 0.494 e. The normalized spacial score (nSPS) is 11.8. The summed E-state index contributed by atoms with van der Waals surface area (Å²) < 4.78 is 46.0. The first-order valence-corrected chi connectivity index (χ1v) is 20.8. The quantitative estimate of drug-likeness (QED) is 0.0378. The van der Waals surface area contributed by atoms with Gasteiger partial charge in [-0.1, -0.05) is 95.8 Å². The van der Waals surface area contributed by atoms with Crippen LogP contribution in [0.3, 0.4) is 0 Å². The van der Waals surface area contributed by atoms with E-state index in [-0.39, 0.29) is 4.90 Å². The van der Waals surface area contributed by atoms with Crippen LogP contribution in [0.5, 0.6) is 17.2 Å². The molecule has 9 heteroatoms. The summed E-state index contributed by atoms with van der Waals surface area (Å²) in [5.74, 6) is 2.23. The standard InChI is InChI=1S/C40H57IN2O5S/c1-4-6-8-10-12-15-30-47-39-28-21-34(32-40(39)48-31-16-13-11-9-7-5-2)38(18-14-17-29-46-36-24-22-35(41)23-25-36)42-43-49(44,45)37-26-19-33(3)20-27-37/h19-28,32,43H,4-18,29-31H2,1-3H3/b42-38+. The minimum Gasteiger partial charge on any atom is -0.494 e. The fourth-order valence-electron chi connectivity index (χ4n) is 5.31. The minimum absolute atomic E-state index is 0.175. The van der Waals surface area contributed by atoms with Gasteiger partial charge in [-0.25, -0.2) is 0 Å². The van der Waals surface area contributed by atoms with Gasteiger partial charge in [0.15, 0.2) is 11.5 Å². The predicted molar refractivity (Wildman–Crippen MR) is 211 cm³/mol. The monoisotopic (exact) mass is 804 g/mol. The number of aryl methyl sites for hydroxylation is 1. The van der Waals surface area contributed by atoms with E-state index in [4.69, 9.17) is 14.2 Å². The van der Waals surface area contributed by atoms with Gasteiger partial charge < -0.3 is 14.2 Å². The second-order valence-electron chi connectivity index (χ2n) is 12.6. The highest BCUT2D eigenvalue weighted by Crippen LogP contribution is 2.30. The molecule has 3 aromatic rings. The van der Waals surface area contributed by atoms with Crippen LogP contribution in [0.2, 0.25) is 0 Å². The minimum atomic E-state index is -3.84. The lowest BCUT2D eigenvalue weighted by atomic mass is 10.0. The van der Waals surface area contributed by atoms with Gasteiger partial charge in [-0.3, -0.25) is 0 Å². The topological polar surface area (TPSA) is 86.2 Å². The lowest BCUT2D eigenvalue weighted by Crippen LogP contribution is -2.21. The number of nitrogens with one attached hydrogen (secondary N) is 1. The Morgan fingerprint density at radius 1 is 0.653 bits per heavy atom.